The molecule has 1 rings (SSSR count). The molecule has 4 N–H and O–H groups in total. The minimum Gasteiger partial charge on any atom is -0.382 e. The first kappa shape index (κ1) is 14.7. The molecular weight excluding hydrogens is 259 g/mol. The second kappa shape index (κ2) is 7.15. The molecule has 0 bridgehead atoms. The molecule has 18 heavy (non-hydrogen) atoms. The second-order valence-electron chi connectivity index (χ2n) is 3.68. The Labute approximate surface area is 110 Å². The monoisotopic (exact) mass is 274 g/mol. The van der Waals surface area contributed by atoms with Crippen molar-refractivity contribution in [3.63, 3.8) is 0 Å². The number of halogens is 2. The summed E-state index contributed by atoms with van der Waals surface area (Å²) in [6, 6.07) is 4.06. The lowest BCUT2D eigenvalue weighted by atomic mass is 10.3. The van der Waals surface area contributed by atoms with Gasteiger partial charge in [0.15, 0.2) is 0 Å². The molecule has 1 aromatic rings. The summed E-state index contributed by atoms with van der Waals surface area (Å²) in [6.45, 7) is 2.28. The van der Waals surface area contributed by atoms with Crippen LogP contribution in [-0.4, -0.2) is 25.7 Å². The van der Waals surface area contributed by atoms with Gasteiger partial charge < -0.3 is 10.1 Å². The van der Waals surface area contributed by atoms with E-state index in [2.05, 4.69) is 15.7 Å². The molecule has 1 unspecified atom stereocenters. The lowest BCUT2D eigenvalue weighted by molar-refractivity contribution is 0.185. The number of rotatable bonds is 4. The molecule has 0 saturated heterocycles. The third-order valence-corrected chi connectivity index (χ3v) is 2.31. The summed E-state index contributed by atoms with van der Waals surface area (Å²) in [5, 5.41) is 3.14. The fraction of sp³-hybridized carbons (Fsp3) is 0.364. The van der Waals surface area contributed by atoms with Gasteiger partial charge in [-0.3, -0.25) is 5.43 Å². The van der Waals surface area contributed by atoms with Crippen molar-refractivity contribution < 1.29 is 9.13 Å². The fourth-order valence-corrected chi connectivity index (χ4v) is 1.50. The van der Waals surface area contributed by atoms with E-state index >= 15 is 0 Å². The van der Waals surface area contributed by atoms with Crippen LogP contribution in [0, 0.1) is 5.82 Å². The zero-order chi connectivity index (χ0) is 13.5. The first-order valence-electron chi connectivity index (χ1n) is 5.32. The molecule has 0 radical (unpaired) electrons. The first-order valence-corrected chi connectivity index (χ1v) is 5.70. The third kappa shape index (κ3) is 4.48. The number of ether oxygens (including phenoxy) is 1. The Morgan fingerprint density at radius 1 is 1.61 bits per heavy atom. The molecule has 7 heteroatoms. The highest BCUT2D eigenvalue weighted by Crippen LogP contribution is 2.19. The van der Waals surface area contributed by atoms with Crippen LogP contribution < -0.4 is 16.6 Å². The number of benzene rings is 1. The van der Waals surface area contributed by atoms with Gasteiger partial charge >= 0.3 is 0 Å². The van der Waals surface area contributed by atoms with Crippen molar-refractivity contribution >= 4 is 23.2 Å². The van der Waals surface area contributed by atoms with Crippen LogP contribution in [0.1, 0.15) is 6.92 Å². The highest BCUT2D eigenvalue weighted by atomic mass is 35.5. The van der Waals surface area contributed by atoms with Gasteiger partial charge in [0.25, 0.3) is 0 Å². The fourth-order valence-electron chi connectivity index (χ4n) is 1.33. The summed E-state index contributed by atoms with van der Waals surface area (Å²) in [5.41, 5.74) is 2.56. The maximum Gasteiger partial charge on any atom is 0.210 e. The maximum atomic E-state index is 13.5. The van der Waals surface area contributed by atoms with Crippen molar-refractivity contribution in [1.29, 1.82) is 0 Å². The largest absolute Gasteiger partial charge is 0.382 e. The van der Waals surface area contributed by atoms with Crippen molar-refractivity contribution in [2.24, 2.45) is 10.8 Å². The van der Waals surface area contributed by atoms with Gasteiger partial charge in [-0.1, -0.05) is 11.6 Å². The zero-order valence-corrected chi connectivity index (χ0v) is 11.0. The predicted molar refractivity (Wildman–Crippen MR) is 71.1 cm³/mol. The van der Waals surface area contributed by atoms with Crippen molar-refractivity contribution in [2.75, 3.05) is 19.0 Å². The smallest absolute Gasteiger partial charge is 0.210 e. The van der Waals surface area contributed by atoms with Gasteiger partial charge in [-0.15, -0.1) is 0 Å². The summed E-state index contributed by atoms with van der Waals surface area (Å²) in [4.78, 5) is 4.19. The Hall–Kier alpha value is -1.37. The molecule has 0 spiro atoms. The Morgan fingerprint density at radius 3 is 2.94 bits per heavy atom. The van der Waals surface area contributed by atoms with Gasteiger partial charge in [0.1, 0.15) is 5.82 Å². The SMILES string of the molecule is COCC(C)N=C(NN)Nc1cc(Cl)ccc1F. The number of hydrogen-bond acceptors (Lipinski definition) is 3. The van der Waals surface area contributed by atoms with Crippen molar-refractivity contribution in [2.45, 2.75) is 13.0 Å². The number of aliphatic imine (C=N–C) groups is 1. The van der Waals surface area contributed by atoms with Crippen molar-refractivity contribution in [3.8, 4) is 0 Å². The van der Waals surface area contributed by atoms with E-state index in [4.69, 9.17) is 22.2 Å². The molecule has 100 valence electrons. The molecule has 0 aliphatic heterocycles. The minimum atomic E-state index is -0.443. The lowest BCUT2D eigenvalue weighted by Crippen LogP contribution is -2.37. The number of guanidine groups is 1. The first-order chi connectivity index (χ1) is 8.56. The molecular formula is C11H16ClFN4O. The van der Waals surface area contributed by atoms with Crippen LogP contribution in [0.4, 0.5) is 10.1 Å². The molecule has 0 fully saturated rings. The number of hydrazine groups is 1. The van der Waals surface area contributed by atoms with E-state index in [1.807, 2.05) is 6.92 Å². The van der Waals surface area contributed by atoms with E-state index in [0.717, 1.165) is 0 Å². The highest BCUT2D eigenvalue weighted by Gasteiger charge is 2.07. The van der Waals surface area contributed by atoms with Gasteiger partial charge in [-0.25, -0.2) is 15.2 Å². The number of anilines is 1. The van der Waals surface area contributed by atoms with Crippen LogP contribution in [0.15, 0.2) is 23.2 Å². The number of methoxy groups -OCH3 is 1. The van der Waals surface area contributed by atoms with Gasteiger partial charge in [0.2, 0.25) is 5.96 Å². The summed E-state index contributed by atoms with van der Waals surface area (Å²) in [5.74, 6) is 5.11. The topological polar surface area (TPSA) is 71.7 Å². The summed E-state index contributed by atoms with van der Waals surface area (Å²) in [7, 11) is 1.58. The van der Waals surface area contributed by atoms with E-state index in [1.165, 1.54) is 18.2 Å². The Kier molecular flexibility index (Phi) is 5.84. The molecule has 1 atom stereocenters. The van der Waals surface area contributed by atoms with Crippen LogP contribution in [0.3, 0.4) is 0 Å². The Bertz CT molecular complexity index is 428. The molecule has 0 aliphatic carbocycles. The minimum absolute atomic E-state index is 0.115. The molecule has 1 aromatic carbocycles. The predicted octanol–water partition coefficient (Wildman–Crippen LogP) is 1.75. The quantitative estimate of drug-likeness (QED) is 0.339. The van der Waals surface area contributed by atoms with Crippen molar-refractivity contribution in [1.82, 2.24) is 5.43 Å². The Morgan fingerprint density at radius 2 is 2.33 bits per heavy atom. The second-order valence-corrected chi connectivity index (χ2v) is 4.11. The summed E-state index contributed by atoms with van der Waals surface area (Å²) in [6.07, 6.45) is 0. The zero-order valence-electron chi connectivity index (χ0n) is 10.2. The standard InChI is InChI=1S/C11H16ClFN4O/c1-7(6-18-2)15-11(17-14)16-10-5-8(12)3-4-9(10)13/h3-5,7H,6,14H2,1-2H3,(H2,15,16,17). The molecule has 5 nitrogen and oxygen atoms in total. The van der Waals surface area contributed by atoms with Crippen LogP contribution in [-0.2, 0) is 4.74 Å². The van der Waals surface area contributed by atoms with E-state index in [9.17, 15) is 4.39 Å². The summed E-state index contributed by atoms with van der Waals surface area (Å²) >= 11 is 5.78. The van der Waals surface area contributed by atoms with E-state index in [-0.39, 0.29) is 17.7 Å². The number of nitrogens with one attached hydrogen (secondary N) is 2. The summed E-state index contributed by atoms with van der Waals surface area (Å²) < 4.78 is 18.4. The molecule has 0 amide bonds. The molecule has 0 aromatic heterocycles. The van der Waals surface area contributed by atoms with Crippen LogP contribution in [0.2, 0.25) is 5.02 Å². The normalized spacial score (nSPS) is 13.3. The number of nitrogens with two attached hydrogens (primary N) is 1. The van der Waals surface area contributed by atoms with Crippen molar-refractivity contribution in [3.05, 3.63) is 29.0 Å². The van der Waals surface area contributed by atoms with Gasteiger partial charge in [0, 0.05) is 12.1 Å². The highest BCUT2D eigenvalue weighted by molar-refractivity contribution is 6.30. The third-order valence-electron chi connectivity index (χ3n) is 2.08. The van der Waals surface area contributed by atoms with E-state index < -0.39 is 5.82 Å². The van der Waals surface area contributed by atoms with Crippen LogP contribution in [0.5, 0.6) is 0 Å². The van der Waals surface area contributed by atoms with Crippen LogP contribution in [0.25, 0.3) is 0 Å². The van der Waals surface area contributed by atoms with Gasteiger partial charge in [-0.2, -0.15) is 0 Å². The average Bonchev–Trinajstić information content (AvgIpc) is 2.33. The van der Waals surface area contributed by atoms with Crippen LogP contribution >= 0.6 is 11.6 Å². The van der Waals surface area contributed by atoms with E-state index in [0.29, 0.717) is 11.6 Å². The van der Waals surface area contributed by atoms with Gasteiger partial charge in [0.05, 0.1) is 18.3 Å². The molecule has 0 aliphatic rings. The van der Waals surface area contributed by atoms with E-state index in [1.54, 1.807) is 7.11 Å². The lowest BCUT2D eigenvalue weighted by Gasteiger charge is -2.12. The number of hydrogen-bond donors (Lipinski definition) is 3. The Balaban J connectivity index is 2.82. The van der Waals surface area contributed by atoms with Gasteiger partial charge in [-0.05, 0) is 25.1 Å². The number of nitrogens with zero attached hydrogens (tertiary/aromatic N) is 1. The average molecular weight is 275 g/mol. The maximum absolute atomic E-state index is 13.5. The molecule has 0 heterocycles. The molecule has 0 saturated carbocycles.